The minimum absolute atomic E-state index is 0.0185. The number of carbonyl (C=O) groups excluding carboxylic acids is 2. The fourth-order valence-corrected chi connectivity index (χ4v) is 2.62. The first kappa shape index (κ1) is 18.8. The predicted octanol–water partition coefficient (Wildman–Crippen LogP) is 2.28. The Bertz CT molecular complexity index is 844. The van der Waals surface area contributed by atoms with E-state index in [0.717, 1.165) is 0 Å². The van der Waals surface area contributed by atoms with Gasteiger partial charge >= 0.3 is 11.9 Å². The van der Waals surface area contributed by atoms with Gasteiger partial charge in [-0.1, -0.05) is 24.8 Å². The first-order chi connectivity index (χ1) is 12.4. The van der Waals surface area contributed by atoms with Gasteiger partial charge in [-0.25, -0.2) is 9.59 Å². The highest BCUT2D eigenvalue weighted by Crippen LogP contribution is 2.39. The molecule has 0 bridgehead atoms. The summed E-state index contributed by atoms with van der Waals surface area (Å²) in [5.74, 6) is -1.72. The van der Waals surface area contributed by atoms with Crippen molar-refractivity contribution in [2.24, 2.45) is 5.73 Å². The van der Waals surface area contributed by atoms with Gasteiger partial charge in [0.05, 0.1) is 24.2 Å². The molecule has 0 aromatic heterocycles. The van der Waals surface area contributed by atoms with E-state index in [2.05, 4.69) is 11.3 Å². The van der Waals surface area contributed by atoms with E-state index in [1.54, 1.807) is 31.2 Å². The molecule has 1 aliphatic heterocycles. The molecule has 0 saturated heterocycles. The Morgan fingerprint density at radius 3 is 2.54 bits per heavy atom. The summed E-state index contributed by atoms with van der Waals surface area (Å²) in [6.45, 7) is 5.09. The molecule has 1 atom stereocenters. The van der Waals surface area contributed by atoms with Crippen LogP contribution in [0, 0.1) is 11.3 Å². The Morgan fingerprint density at radius 1 is 1.35 bits per heavy atom. The maximum Gasteiger partial charge on any atom is 0.338 e. The van der Waals surface area contributed by atoms with Crippen LogP contribution >= 0.6 is 0 Å². The molecule has 7 heteroatoms. The van der Waals surface area contributed by atoms with Crippen molar-refractivity contribution in [3.8, 4) is 6.07 Å². The minimum Gasteiger partial charge on any atom is -0.465 e. The van der Waals surface area contributed by atoms with Gasteiger partial charge in [0, 0.05) is 0 Å². The molecule has 134 valence electrons. The number of nitriles is 1. The fourth-order valence-electron chi connectivity index (χ4n) is 2.62. The highest BCUT2D eigenvalue weighted by atomic mass is 16.5. The lowest BCUT2D eigenvalue weighted by molar-refractivity contribution is -0.138. The van der Waals surface area contributed by atoms with Gasteiger partial charge in [-0.3, -0.25) is 0 Å². The number of nitrogens with zero attached hydrogens (tertiary/aromatic N) is 1. The predicted molar refractivity (Wildman–Crippen MR) is 92.3 cm³/mol. The normalized spacial score (nSPS) is 16.4. The van der Waals surface area contributed by atoms with E-state index in [0.29, 0.717) is 11.1 Å². The van der Waals surface area contributed by atoms with Crippen molar-refractivity contribution in [2.45, 2.75) is 12.8 Å². The molecular weight excluding hydrogens is 336 g/mol. The van der Waals surface area contributed by atoms with Gasteiger partial charge in [0.1, 0.15) is 24.0 Å². The van der Waals surface area contributed by atoms with Crippen LogP contribution in [0.2, 0.25) is 0 Å². The van der Waals surface area contributed by atoms with Gasteiger partial charge in [0.15, 0.2) is 0 Å². The average Bonchev–Trinajstić information content (AvgIpc) is 2.65. The monoisotopic (exact) mass is 354 g/mol. The number of esters is 2. The van der Waals surface area contributed by atoms with Crippen molar-refractivity contribution < 1.29 is 23.8 Å². The Balaban J connectivity index is 2.52. The standard InChI is InChI=1S/C19H18N2O5/c1-4-9-25-19(23)15-11(2)26-17(21)14(10-20)16(15)12-5-7-13(8-6-12)18(22)24-3/h4-8,16H,1,9,21H2,2-3H3. The van der Waals surface area contributed by atoms with Crippen molar-refractivity contribution in [3.63, 3.8) is 0 Å². The molecule has 26 heavy (non-hydrogen) atoms. The second-order valence-electron chi connectivity index (χ2n) is 5.40. The van der Waals surface area contributed by atoms with Crippen LogP contribution in [0.4, 0.5) is 0 Å². The van der Waals surface area contributed by atoms with E-state index in [9.17, 15) is 14.9 Å². The molecule has 1 unspecified atom stereocenters. The molecule has 1 aromatic rings. The van der Waals surface area contributed by atoms with E-state index in [1.165, 1.54) is 13.2 Å². The number of hydrogen-bond acceptors (Lipinski definition) is 7. The van der Waals surface area contributed by atoms with Crippen molar-refractivity contribution in [1.29, 1.82) is 5.26 Å². The average molecular weight is 354 g/mol. The molecular formula is C19H18N2O5. The van der Waals surface area contributed by atoms with Crippen LogP contribution < -0.4 is 5.73 Å². The molecule has 2 N–H and O–H groups in total. The third-order valence-electron chi connectivity index (χ3n) is 3.82. The fraction of sp³-hybridized carbons (Fsp3) is 0.211. The van der Waals surface area contributed by atoms with Crippen LogP contribution in [0.15, 0.2) is 59.7 Å². The second kappa shape index (κ2) is 8.03. The van der Waals surface area contributed by atoms with Gasteiger partial charge in [0.25, 0.3) is 0 Å². The molecule has 0 amide bonds. The number of allylic oxidation sites excluding steroid dienone is 2. The van der Waals surface area contributed by atoms with Crippen molar-refractivity contribution >= 4 is 11.9 Å². The summed E-state index contributed by atoms with van der Waals surface area (Å²) < 4.78 is 15.1. The smallest absolute Gasteiger partial charge is 0.338 e. The number of nitrogens with two attached hydrogens (primary N) is 1. The quantitative estimate of drug-likeness (QED) is 0.637. The Hall–Kier alpha value is -3.53. The molecule has 0 spiro atoms. The van der Waals surface area contributed by atoms with Crippen LogP contribution in [-0.2, 0) is 19.0 Å². The maximum absolute atomic E-state index is 12.5. The highest BCUT2D eigenvalue weighted by molar-refractivity contribution is 5.93. The van der Waals surface area contributed by atoms with Crippen molar-refractivity contribution in [3.05, 3.63) is 70.8 Å². The largest absolute Gasteiger partial charge is 0.465 e. The molecule has 0 radical (unpaired) electrons. The molecule has 1 heterocycles. The first-order valence-electron chi connectivity index (χ1n) is 7.69. The second-order valence-corrected chi connectivity index (χ2v) is 5.40. The van der Waals surface area contributed by atoms with E-state index >= 15 is 0 Å². The van der Waals surface area contributed by atoms with E-state index < -0.39 is 17.9 Å². The van der Waals surface area contributed by atoms with Crippen LogP contribution in [-0.4, -0.2) is 25.7 Å². The number of carbonyl (C=O) groups is 2. The molecule has 7 nitrogen and oxygen atoms in total. The Labute approximate surface area is 150 Å². The zero-order valence-electron chi connectivity index (χ0n) is 14.4. The number of ether oxygens (including phenoxy) is 3. The summed E-state index contributed by atoms with van der Waals surface area (Å²) in [6.07, 6.45) is 1.44. The Kier molecular flexibility index (Phi) is 5.81. The molecule has 0 saturated carbocycles. The molecule has 0 aliphatic carbocycles. The summed E-state index contributed by atoms with van der Waals surface area (Å²) in [4.78, 5) is 24.1. The van der Waals surface area contributed by atoms with Crippen LogP contribution in [0.3, 0.4) is 0 Å². The summed E-state index contributed by atoms with van der Waals surface area (Å²) in [5, 5.41) is 9.50. The number of rotatable bonds is 5. The van der Waals surface area contributed by atoms with Crippen LogP contribution in [0.1, 0.15) is 28.8 Å². The Morgan fingerprint density at radius 2 is 2.00 bits per heavy atom. The van der Waals surface area contributed by atoms with Gasteiger partial charge in [-0.05, 0) is 24.6 Å². The third kappa shape index (κ3) is 3.59. The lowest BCUT2D eigenvalue weighted by Gasteiger charge is -2.26. The van der Waals surface area contributed by atoms with Gasteiger partial charge in [-0.15, -0.1) is 0 Å². The van der Waals surface area contributed by atoms with Gasteiger partial charge in [0.2, 0.25) is 5.88 Å². The minimum atomic E-state index is -0.766. The zero-order chi connectivity index (χ0) is 19.3. The number of methoxy groups -OCH3 is 1. The summed E-state index contributed by atoms with van der Waals surface area (Å²) in [7, 11) is 1.28. The number of hydrogen-bond donors (Lipinski definition) is 1. The van der Waals surface area contributed by atoms with Gasteiger partial charge < -0.3 is 19.9 Å². The van der Waals surface area contributed by atoms with Crippen molar-refractivity contribution in [1.82, 2.24) is 0 Å². The lowest BCUT2D eigenvalue weighted by Crippen LogP contribution is -2.25. The van der Waals surface area contributed by atoms with Crippen molar-refractivity contribution in [2.75, 3.05) is 13.7 Å². The van der Waals surface area contributed by atoms with E-state index in [4.69, 9.17) is 15.2 Å². The summed E-state index contributed by atoms with van der Waals surface area (Å²) in [5.41, 5.74) is 7.02. The van der Waals surface area contributed by atoms with Crippen LogP contribution in [0.5, 0.6) is 0 Å². The van der Waals surface area contributed by atoms with Crippen LogP contribution in [0.25, 0.3) is 0 Å². The first-order valence-corrected chi connectivity index (χ1v) is 7.69. The molecule has 2 rings (SSSR count). The van der Waals surface area contributed by atoms with E-state index in [-0.39, 0.29) is 29.4 Å². The zero-order valence-corrected chi connectivity index (χ0v) is 14.4. The lowest BCUT2D eigenvalue weighted by atomic mass is 9.83. The maximum atomic E-state index is 12.5. The summed E-state index contributed by atoms with van der Waals surface area (Å²) >= 11 is 0. The highest BCUT2D eigenvalue weighted by Gasteiger charge is 2.36. The molecule has 0 fully saturated rings. The molecule has 1 aromatic carbocycles. The summed E-state index contributed by atoms with van der Waals surface area (Å²) in [6, 6.07) is 8.33. The van der Waals surface area contributed by atoms with Gasteiger partial charge in [-0.2, -0.15) is 5.26 Å². The topological polar surface area (TPSA) is 112 Å². The number of benzene rings is 1. The SMILES string of the molecule is C=CCOC(=O)C1=C(C)OC(N)=C(C#N)C1c1ccc(C(=O)OC)cc1. The molecule has 1 aliphatic rings. The third-order valence-corrected chi connectivity index (χ3v) is 3.82. The van der Waals surface area contributed by atoms with E-state index in [1.807, 2.05) is 6.07 Å².